The van der Waals surface area contributed by atoms with Crippen LogP contribution < -0.4 is 5.32 Å². The van der Waals surface area contributed by atoms with Crippen molar-refractivity contribution in [3.8, 4) is 0 Å². The van der Waals surface area contributed by atoms with Crippen LogP contribution in [-0.2, 0) is 6.54 Å². The van der Waals surface area contributed by atoms with Gasteiger partial charge >= 0.3 is 0 Å². The molecule has 0 saturated carbocycles. The molecule has 96 valence electrons. The van der Waals surface area contributed by atoms with Gasteiger partial charge in [0, 0.05) is 11.0 Å². The van der Waals surface area contributed by atoms with Crippen molar-refractivity contribution < 1.29 is 4.42 Å². The van der Waals surface area contributed by atoms with Gasteiger partial charge in [-0.2, -0.15) is 0 Å². The summed E-state index contributed by atoms with van der Waals surface area (Å²) in [6.07, 6.45) is 0. The predicted octanol–water partition coefficient (Wildman–Crippen LogP) is 4.51. The molecule has 18 heavy (non-hydrogen) atoms. The summed E-state index contributed by atoms with van der Waals surface area (Å²) in [6.45, 7) is 7.00. The second-order valence-electron chi connectivity index (χ2n) is 4.63. The molecule has 0 fully saturated rings. The molecular formula is C15H18BrNO. The SMILES string of the molecule is Cc1ccc(C(C)NCc2ccc(C)c(Br)c2)o1. The van der Waals surface area contributed by atoms with Crippen molar-refractivity contribution in [3.63, 3.8) is 0 Å². The van der Waals surface area contributed by atoms with Gasteiger partial charge in [-0.1, -0.05) is 28.1 Å². The molecular weight excluding hydrogens is 290 g/mol. The summed E-state index contributed by atoms with van der Waals surface area (Å²) < 4.78 is 6.76. The normalized spacial score (nSPS) is 12.7. The van der Waals surface area contributed by atoms with Crippen LogP contribution in [0.15, 0.2) is 39.2 Å². The average Bonchev–Trinajstić information content (AvgIpc) is 2.77. The second-order valence-corrected chi connectivity index (χ2v) is 5.49. The fourth-order valence-electron chi connectivity index (χ4n) is 1.80. The van der Waals surface area contributed by atoms with Gasteiger partial charge in [0.1, 0.15) is 11.5 Å². The van der Waals surface area contributed by atoms with Gasteiger partial charge in [0.15, 0.2) is 0 Å². The van der Waals surface area contributed by atoms with Gasteiger partial charge in [0.25, 0.3) is 0 Å². The number of hydrogen-bond acceptors (Lipinski definition) is 2. The first-order chi connectivity index (χ1) is 8.56. The largest absolute Gasteiger partial charge is 0.465 e. The van der Waals surface area contributed by atoms with Crippen molar-refractivity contribution in [2.24, 2.45) is 0 Å². The van der Waals surface area contributed by atoms with Crippen molar-refractivity contribution in [2.75, 3.05) is 0 Å². The molecule has 0 aliphatic rings. The standard InChI is InChI=1S/C15H18BrNO/c1-10-4-6-13(8-14(10)16)9-17-12(3)15-7-5-11(2)18-15/h4-8,12,17H,9H2,1-3H3. The molecule has 2 rings (SSSR count). The Kier molecular flexibility index (Phi) is 4.25. The average molecular weight is 308 g/mol. The van der Waals surface area contributed by atoms with E-state index in [0.29, 0.717) is 0 Å². The summed E-state index contributed by atoms with van der Waals surface area (Å²) in [5.74, 6) is 1.94. The highest BCUT2D eigenvalue weighted by atomic mass is 79.9. The van der Waals surface area contributed by atoms with Gasteiger partial charge in [-0.05, 0) is 50.1 Å². The molecule has 0 aliphatic heterocycles. The number of nitrogens with one attached hydrogen (secondary N) is 1. The summed E-state index contributed by atoms with van der Waals surface area (Å²) in [7, 11) is 0. The molecule has 1 unspecified atom stereocenters. The summed E-state index contributed by atoms with van der Waals surface area (Å²) in [4.78, 5) is 0. The van der Waals surface area contributed by atoms with Crippen molar-refractivity contribution in [3.05, 3.63) is 57.5 Å². The molecule has 0 radical (unpaired) electrons. The molecule has 1 N–H and O–H groups in total. The van der Waals surface area contributed by atoms with Crippen LogP contribution >= 0.6 is 15.9 Å². The van der Waals surface area contributed by atoms with E-state index in [1.807, 2.05) is 19.1 Å². The fraction of sp³-hybridized carbons (Fsp3) is 0.333. The van der Waals surface area contributed by atoms with Crippen LogP contribution in [0.25, 0.3) is 0 Å². The maximum absolute atomic E-state index is 5.60. The minimum atomic E-state index is 0.221. The second kappa shape index (κ2) is 5.72. The Balaban J connectivity index is 1.97. The Morgan fingerprint density at radius 3 is 2.61 bits per heavy atom. The lowest BCUT2D eigenvalue weighted by molar-refractivity contribution is 0.416. The monoisotopic (exact) mass is 307 g/mol. The molecule has 2 nitrogen and oxygen atoms in total. The van der Waals surface area contributed by atoms with E-state index in [2.05, 4.69) is 53.3 Å². The van der Waals surface area contributed by atoms with E-state index < -0.39 is 0 Å². The highest BCUT2D eigenvalue weighted by molar-refractivity contribution is 9.10. The van der Waals surface area contributed by atoms with Crippen molar-refractivity contribution in [1.29, 1.82) is 0 Å². The molecule has 3 heteroatoms. The van der Waals surface area contributed by atoms with E-state index in [1.165, 1.54) is 11.1 Å². The fourth-order valence-corrected chi connectivity index (χ4v) is 2.23. The zero-order valence-electron chi connectivity index (χ0n) is 11.0. The molecule has 0 spiro atoms. The van der Waals surface area contributed by atoms with E-state index in [9.17, 15) is 0 Å². The number of furan rings is 1. The van der Waals surface area contributed by atoms with Crippen LogP contribution in [0.2, 0.25) is 0 Å². The molecule has 0 saturated heterocycles. The predicted molar refractivity (Wildman–Crippen MR) is 77.6 cm³/mol. The van der Waals surface area contributed by atoms with Gasteiger partial charge in [0.05, 0.1) is 6.04 Å². The van der Waals surface area contributed by atoms with Gasteiger partial charge in [0.2, 0.25) is 0 Å². The van der Waals surface area contributed by atoms with Gasteiger partial charge in [-0.3, -0.25) is 0 Å². The lowest BCUT2D eigenvalue weighted by Crippen LogP contribution is -2.17. The highest BCUT2D eigenvalue weighted by Crippen LogP contribution is 2.19. The molecule has 2 aromatic rings. The molecule has 1 atom stereocenters. The Morgan fingerprint density at radius 2 is 2.00 bits per heavy atom. The first-order valence-corrected chi connectivity index (χ1v) is 6.90. The minimum Gasteiger partial charge on any atom is -0.465 e. The lowest BCUT2D eigenvalue weighted by atomic mass is 10.1. The van der Waals surface area contributed by atoms with Crippen LogP contribution in [0, 0.1) is 13.8 Å². The Hall–Kier alpha value is -1.06. The van der Waals surface area contributed by atoms with Crippen molar-refractivity contribution in [1.82, 2.24) is 5.32 Å². The number of aryl methyl sites for hydroxylation is 2. The summed E-state index contributed by atoms with van der Waals surface area (Å²) in [5, 5.41) is 3.46. The third-order valence-electron chi connectivity index (χ3n) is 3.04. The molecule has 1 aromatic heterocycles. The highest BCUT2D eigenvalue weighted by Gasteiger charge is 2.08. The molecule has 1 heterocycles. The number of benzene rings is 1. The molecule has 0 bridgehead atoms. The van der Waals surface area contributed by atoms with Crippen molar-refractivity contribution >= 4 is 15.9 Å². The van der Waals surface area contributed by atoms with Crippen LogP contribution in [0.3, 0.4) is 0 Å². The first-order valence-electron chi connectivity index (χ1n) is 6.11. The number of hydrogen-bond donors (Lipinski definition) is 1. The Labute approximate surface area is 117 Å². The van der Waals surface area contributed by atoms with Crippen LogP contribution in [-0.4, -0.2) is 0 Å². The van der Waals surface area contributed by atoms with E-state index in [0.717, 1.165) is 22.5 Å². The molecule has 0 amide bonds. The van der Waals surface area contributed by atoms with Gasteiger partial charge in [-0.25, -0.2) is 0 Å². The lowest BCUT2D eigenvalue weighted by Gasteiger charge is -2.12. The van der Waals surface area contributed by atoms with E-state index >= 15 is 0 Å². The van der Waals surface area contributed by atoms with E-state index in [4.69, 9.17) is 4.42 Å². The molecule has 1 aromatic carbocycles. The quantitative estimate of drug-likeness (QED) is 0.899. The Morgan fingerprint density at radius 1 is 1.22 bits per heavy atom. The van der Waals surface area contributed by atoms with Crippen molar-refractivity contribution in [2.45, 2.75) is 33.4 Å². The van der Waals surface area contributed by atoms with Crippen LogP contribution in [0.4, 0.5) is 0 Å². The summed E-state index contributed by atoms with van der Waals surface area (Å²) in [5.41, 5.74) is 2.52. The third kappa shape index (κ3) is 3.24. The Bertz CT molecular complexity index is 533. The zero-order valence-corrected chi connectivity index (χ0v) is 12.5. The molecule has 0 aliphatic carbocycles. The number of rotatable bonds is 4. The van der Waals surface area contributed by atoms with Crippen LogP contribution in [0.1, 0.15) is 35.6 Å². The third-order valence-corrected chi connectivity index (χ3v) is 3.89. The van der Waals surface area contributed by atoms with E-state index in [1.54, 1.807) is 0 Å². The zero-order chi connectivity index (χ0) is 13.1. The maximum atomic E-state index is 5.60. The van der Waals surface area contributed by atoms with Gasteiger partial charge < -0.3 is 9.73 Å². The number of halogens is 1. The first kappa shape index (κ1) is 13.4. The summed E-state index contributed by atoms with van der Waals surface area (Å²) in [6, 6.07) is 10.7. The topological polar surface area (TPSA) is 25.2 Å². The van der Waals surface area contributed by atoms with Gasteiger partial charge in [-0.15, -0.1) is 0 Å². The van der Waals surface area contributed by atoms with E-state index in [-0.39, 0.29) is 6.04 Å². The summed E-state index contributed by atoms with van der Waals surface area (Å²) >= 11 is 3.56. The minimum absolute atomic E-state index is 0.221. The van der Waals surface area contributed by atoms with Crippen LogP contribution in [0.5, 0.6) is 0 Å². The smallest absolute Gasteiger partial charge is 0.120 e. The maximum Gasteiger partial charge on any atom is 0.120 e.